The van der Waals surface area contributed by atoms with Crippen LogP contribution in [0.2, 0.25) is 0 Å². The zero-order valence-corrected chi connectivity index (χ0v) is 15.3. The number of fused-ring (bicyclic) bond motifs is 1. The van der Waals surface area contributed by atoms with Crippen LogP contribution in [0.15, 0.2) is 0 Å². The number of rotatable bonds is 3. The predicted molar refractivity (Wildman–Crippen MR) is 90.7 cm³/mol. The number of hydrogen-bond acceptors (Lipinski definition) is 5. The van der Waals surface area contributed by atoms with E-state index in [2.05, 4.69) is 25.8 Å². The molecular formula is C19H27NO4. The van der Waals surface area contributed by atoms with Gasteiger partial charge >= 0.3 is 5.97 Å². The molecule has 0 saturated heterocycles. The van der Waals surface area contributed by atoms with Gasteiger partial charge in [0.25, 0.3) is 0 Å². The molecule has 132 valence electrons. The maximum atomic E-state index is 12.8. The molecule has 1 aromatic heterocycles. The van der Waals surface area contributed by atoms with E-state index in [1.54, 1.807) is 7.11 Å². The Kier molecular flexibility index (Phi) is 4.45. The number of methoxy groups -OCH3 is 2. The Morgan fingerprint density at radius 3 is 2.33 bits per heavy atom. The molecule has 1 aromatic rings. The van der Waals surface area contributed by atoms with Crippen LogP contribution in [0.25, 0.3) is 0 Å². The minimum Gasteiger partial charge on any atom is -0.481 e. The number of carbonyl (C=O) groups is 1. The molecule has 5 nitrogen and oxygen atoms in total. The highest BCUT2D eigenvalue weighted by Gasteiger charge is 2.47. The second-order valence-electron chi connectivity index (χ2n) is 7.42. The summed E-state index contributed by atoms with van der Waals surface area (Å²) in [5.41, 5.74) is 2.07. The third-order valence-electron chi connectivity index (χ3n) is 5.34. The summed E-state index contributed by atoms with van der Waals surface area (Å²) < 4.78 is 16.8. The second kappa shape index (κ2) is 6.26. The van der Waals surface area contributed by atoms with E-state index in [0.29, 0.717) is 29.2 Å². The molecule has 3 rings (SSSR count). The quantitative estimate of drug-likeness (QED) is 0.792. The maximum absolute atomic E-state index is 12.8. The van der Waals surface area contributed by atoms with E-state index in [0.717, 1.165) is 36.8 Å². The molecule has 1 aliphatic carbocycles. The van der Waals surface area contributed by atoms with E-state index in [1.807, 2.05) is 0 Å². The fraction of sp³-hybridized carbons (Fsp3) is 0.684. The van der Waals surface area contributed by atoms with Gasteiger partial charge in [0.15, 0.2) is 0 Å². The molecule has 0 N–H and O–H groups in total. The summed E-state index contributed by atoms with van der Waals surface area (Å²) in [4.78, 5) is 17.2. The van der Waals surface area contributed by atoms with Crippen molar-refractivity contribution in [3.05, 3.63) is 16.7 Å². The molecule has 2 aliphatic rings. The van der Waals surface area contributed by atoms with Gasteiger partial charge in [0.1, 0.15) is 11.2 Å². The molecule has 5 heteroatoms. The van der Waals surface area contributed by atoms with Crippen LogP contribution in [0, 0.1) is 11.8 Å². The molecular weight excluding hydrogens is 306 g/mol. The summed E-state index contributed by atoms with van der Waals surface area (Å²) in [6.45, 7) is 6.55. The predicted octanol–water partition coefficient (Wildman–Crippen LogP) is 3.57. The van der Waals surface area contributed by atoms with Gasteiger partial charge < -0.3 is 14.2 Å². The molecule has 1 spiro atoms. The summed E-state index contributed by atoms with van der Waals surface area (Å²) in [5.74, 6) is 1.66. The number of aromatic nitrogens is 1. The van der Waals surface area contributed by atoms with Crippen LogP contribution >= 0.6 is 0 Å². The van der Waals surface area contributed by atoms with Crippen molar-refractivity contribution in [3.63, 3.8) is 0 Å². The summed E-state index contributed by atoms with van der Waals surface area (Å²) >= 11 is 0. The highest BCUT2D eigenvalue weighted by atomic mass is 16.6. The summed E-state index contributed by atoms with van der Waals surface area (Å²) in [6.07, 6.45) is 4.51. The number of pyridine rings is 1. The SMILES string of the molecule is CCc1c(OC)nc(OC)c2c1CC1(CC(C)CC(C)C1)OC2=O. The molecule has 1 fully saturated rings. The van der Waals surface area contributed by atoms with Crippen molar-refractivity contribution >= 4 is 5.97 Å². The number of hydrogen-bond donors (Lipinski definition) is 0. The van der Waals surface area contributed by atoms with E-state index in [4.69, 9.17) is 14.2 Å². The first-order valence-electron chi connectivity index (χ1n) is 8.80. The van der Waals surface area contributed by atoms with Crippen LogP contribution in [0.1, 0.15) is 61.5 Å². The van der Waals surface area contributed by atoms with E-state index in [-0.39, 0.29) is 5.97 Å². The van der Waals surface area contributed by atoms with Crippen molar-refractivity contribution in [2.24, 2.45) is 11.8 Å². The molecule has 2 atom stereocenters. The van der Waals surface area contributed by atoms with E-state index < -0.39 is 5.60 Å². The minimum atomic E-state index is -0.400. The van der Waals surface area contributed by atoms with Gasteiger partial charge in [-0.3, -0.25) is 0 Å². The smallest absolute Gasteiger partial charge is 0.344 e. The number of esters is 1. The van der Waals surface area contributed by atoms with Crippen molar-refractivity contribution in [1.82, 2.24) is 4.98 Å². The Labute approximate surface area is 143 Å². The second-order valence-corrected chi connectivity index (χ2v) is 7.42. The van der Waals surface area contributed by atoms with Crippen molar-refractivity contribution in [1.29, 1.82) is 0 Å². The Hall–Kier alpha value is -1.78. The zero-order valence-electron chi connectivity index (χ0n) is 15.3. The number of nitrogens with zero attached hydrogens (tertiary/aromatic N) is 1. The van der Waals surface area contributed by atoms with Crippen molar-refractivity contribution in [2.75, 3.05) is 14.2 Å². The normalized spacial score (nSPS) is 29.1. The fourth-order valence-electron chi connectivity index (χ4n) is 4.75. The Balaban J connectivity index is 2.13. The molecule has 2 heterocycles. The molecule has 0 aromatic carbocycles. The Bertz CT molecular complexity index is 645. The monoisotopic (exact) mass is 333 g/mol. The number of ether oxygens (including phenoxy) is 3. The lowest BCUT2D eigenvalue weighted by Crippen LogP contribution is -2.47. The van der Waals surface area contributed by atoms with Gasteiger partial charge in [0.2, 0.25) is 11.8 Å². The van der Waals surface area contributed by atoms with Gasteiger partial charge in [-0.15, -0.1) is 0 Å². The van der Waals surface area contributed by atoms with Gasteiger partial charge in [-0.2, -0.15) is 4.98 Å². The van der Waals surface area contributed by atoms with Gasteiger partial charge in [-0.05, 0) is 43.1 Å². The average Bonchev–Trinajstić information content (AvgIpc) is 2.51. The third-order valence-corrected chi connectivity index (χ3v) is 5.34. The standard InChI is InChI=1S/C19H27NO4/c1-6-13-14-10-19(8-11(2)7-12(3)9-19)24-18(21)15(14)17(23-5)20-16(13)22-4/h11-12H,6-10H2,1-5H3. The van der Waals surface area contributed by atoms with Gasteiger partial charge in [-0.25, -0.2) is 4.79 Å². The highest BCUT2D eigenvalue weighted by Crippen LogP contribution is 2.46. The molecule has 0 radical (unpaired) electrons. The van der Waals surface area contributed by atoms with Gasteiger partial charge in [0.05, 0.1) is 14.2 Å². The summed E-state index contributed by atoms with van der Waals surface area (Å²) in [7, 11) is 3.13. The largest absolute Gasteiger partial charge is 0.481 e. The van der Waals surface area contributed by atoms with Crippen LogP contribution < -0.4 is 9.47 Å². The average molecular weight is 333 g/mol. The van der Waals surface area contributed by atoms with Gasteiger partial charge in [0, 0.05) is 12.0 Å². The maximum Gasteiger partial charge on any atom is 0.344 e. The van der Waals surface area contributed by atoms with E-state index >= 15 is 0 Å². The first-order chi connectivity index (χ1) is 11.4. The molecule has 1 saturated carbocycles. The minimum absolute atomic E-state index is 0.302. The lowest BCUT2D eigenvalue weighted by Gasteiger charge is -2.45. The van der Waals surface area contributed by atoms with Crippen LogP contribution in [-0.2, 0) is 17.6 Å². The molecule has 24 heavy (non-hydrogen) atoms. The molecule has 1 aliphatic heterocycles. The van der Waals surface area contributed by atoms with Crippen molar-refractivity contribution < 1.29 is 19.0 Å². The number of carbonyl (C=O) groups excluding carboxylic acids is 1. The lowest BCUT2D eigenvalue weighted by atomic mass is 9.69. The summed E-state index contributed by atoms with van der Waals surface area (Å²) in [5, 5.41) is 0. The third kappa shape index (κ3) is 2.74. The van der Waals surface area contributed by atoms with Gasteiger partial charge in [-0.1, -0.05) is 20.8 Å². The van der Waals surface area contributed by atoms with Crippen LogP contribution in [0.4, 0.5) is 0 Å². The fourth-order valence-corrected chi connectivity index (χ4v) is 4.75. The molecule has 0 bridgehead atoms. The first kappa shape index (κ1) is 17.1. The molecule has 2 unspecified atom stereocenters. The lowest BCUT2D eigenvalue weighted by molar-refractivity contribution is -0.0645. The summed E-state index contributed by atoms with van der Waals surface area (Å²) in [6, 6.07) is 0. The van der Waals surface area contributed by atoms with Crippen LogP contribution in [0.5, 0.6) is 11.8 Å². The first-order valence-corrected chi connectivity index (χ1v) is 8.80. The Morgan fingerprint density at radius 2 is 1.79 bits per heavy atom. The van der Waals surface area contributed by atoms with Crippen LogP contribution in [0.3, 0.4) is 0 Å². The topological polar surface area (TPSA) is 57.6 Å². The van der Waals surface area contributed by atoms with Crippen molar-refractivity contribution in [3.8, 4) is 11.8 Å². The highest BCUT2D eigenvalue weighted by molar-refractivity contribution is 5.95. The van der Waals surface area contributed by atoms with E-state index in [9.17, 15) is 4.79 Å². The molecule has 0 amide bonds. The van der Waals surface area contributed by atoms with E-state index in [1.165, 1.54) is 13.5 Å². The zero-order chi connectivity index (χ0) is 17.5. The van der Waals surface area contributed by atoms with Crippen molar-refractivity contribution in [2.45, 2.75) is 58.5 Å². The van der Waals surface area contributed by atoms with Crippen LogP contribution in [-0.4, -0.2) is 30.8 Å². The Morgan fingerprint density at radius 1 is 1.17 bits per heavy atom.